The third-order valence-electron chi connectivity index (χ3n) is 4.53. The number of unbranched alkanes of at least 4 members (excludes halogenated alkanes) is 1. The molecule has 0 saturated heterocycles. The molecule has 9 heteroatoms. The first-order valence-corrected chi connectivity index (χ1v) is 9.91. The van der Waals surface area contributed by atoms with Crippen molar-refractivity contribution >= 4 is 30.1 Å². The minimum atomic E-state index is -0.408. The highest BCUT2D eigenvalue weighted by Crippen LogP contribution is 2.18. The van der Waals surface area contributed by atoms with Gasteiger partial charge in [0, 0.05) is 30.9 Å². The van der Waals surface area contributed by atoms with Crippen molar-refractivity contribution in [3.05, 3.63) is 58.5 Å². The summed E-state index contributed by atoms with van der Waals surface area (Å²) in [5.74, 6) is -0.384. The van der Waals surface area contributed by atoms with E-state index in [4.69, 9.17) is 5.41 Å². The van der Waals surface area contributed by atoms with Gasteiger partial charge in [0.1, 0.15) is 12.4 Å². The number of amides is 1. The van der Waals surface area contributed by atoms with Gasteiger partial charge in [0.05, 0.1) is 13.5 Å². The number of ether oxygens (including phenoxy) is 1. The van der Waals surface area contributed by atoms with E-state index in [1.165, 1.54) is 17.7 Å². The molecular formula is C22H29ClN4O4. The van der Waals surface area contributed by atoms with Gasteiger partial charge < -0.3 is 19.9 Å². The van der Waals surface area contributed by atoms with E-state index in [0.717, 1.165) is 36.1 Å². The molecule has 0 radical (unpaired) electrons. The monoisotopic (exact) mass is 448 g/mol. The maximum Gasteiger partial charge on any atom is 0.307 e. The molecule has 31 heavy (non-hydrogen) atoms. The number of benzene rings is 1. The summed E-state index contributed by atoms with van der Waals surface area (Å²) >= 11 is 0. The molecule has 0 unspecified atom stereocenters. The maximum atomic E-state index is 12.4. The molecule has 2 rings (SSSR count). The smallest absolute Gasteiger partial charge is 0.307 e. The molecule has 0 saturated carbocycles. The number of aromatic nitrogens is 1. The minimum Gasteiger partial charge on any atom is -0.469 e. The van der Waals surface area contributed by atoms with Crippen molar-refractivity contribution in [2.24, 2.45) is 0 Å². The molecule has 1 heterocycles. The number of carbonyl (C=O) groups excluding carboxylic acids is 2. The van der Waals surface area contributed by atoms with Crippen LogP contribution in [0.15, 0.2) is 47.4 Å². The number of esters is 1. The molecular weight excluding hydrogens is 420 g/mol. The molecule has 3 N–H and O–H groups in total. The quantitative estimate of drug-likeness (QED) is 0.223. The number of carbonyl (C=O) groups is 2. The first-order chi connectivity index (χ1) is 14.4. The zero-order chi connectivity index (χ0) is 21.9. The molecule has 0 spiro atoms. The molecule has 2 aromatic rings. The lowest BCUT2D eigenvalue weighted by Gasteiger charge is -2.10. The Morgan fingerprint density at radius 1 is 1.06 bits per heavy atom. The van der Waals surface area contributed by atoms with Crippen molar-refractivity contribution in [2.75, 3.05) is 20.2 Å². The van der Waals surface area contributed by atoms with E-state index in [-0.39, 0.29) is 43.4 Å². The predicted molar refractivity (Wildman–Crippen MR) is 123 cm³/mol. The Labute approximate surface area is 187 Å². The van der Waals surface area contributed by atoms with Gasteiger partial charge in [0.25, 0.3) is 5.56 Å². The van der Waals surface area contributed by atoms with Crippen LogP contribution in [-0.2, 0) is 20.9 Å². The topological polar surface area (TPSA) is 113 Å². The second kappa shape index (κ2) is 13.2. The van der Waals surface area contributed by atoms with E-state index in [0.29, 0.717) is 5.84 Å². The third-order valence-corrected chi connectivity index (χ3v) is 4.53. The van der Waals surface area contributed by atoms with Crippen LogP contribution < -0.4 is 16.2 Å². The summed E-state index contributed by atoms with van der Waals surface area (Å²) in [6, 6.07) is 10.7. The molecule has 0 bridgehead atoms. The van der Waals surface area contributed by atoms with Gasteiger partial charge >= 0.3 is 5.97 Å². The van der Waals surface area contributed by atoms with Crippen molar-refractivity contribution in [3.63, 3.8) is 0 Å². The standard InChI is InChI=1S/C22H28N4O4.ClH/c1-3-4-11-25-22(23)17-7-5-16(6-8-17)18-10-13-26(20(28)14-18)15-19(27)24-12-9-21(29)30-2;/h5-8,10,13-14H,3-4,9,11-12,15H2,1-2H3,(H2,23,25)(H,24,27);1H. The van der Waals surface area contributed by atoms with E-state index in [2.05, 4.69) is 22.3 Å². The number of halogens is 1. The van der Waals surface area contributed by atoms with Gasteiger partial charge in [-0.05, 0) is 23.6 Å². The van der Waals surface area contributed by atoms with Crippen LogP contribution in [0.5, 0.6) is 0 Å². The Kier molecular flexibility index (Phi) is 11.1. The molecule has 0 fully saturated rings. The Morgan fingerprint density at radius 3 is 2.39 bits per heavy atom. The Morgan fingerprint density at radius 2 is 1.77 bits per heavy atom. The molecule has 0 aliphatic carbocycles. The first-order valence-electron chi connectivity index (χ1n) is 9.91. The van der Waals surface area contributed by atoms with Gasteiger partial charge in [-0.1, -0.05) is 37.6 Å². The van der Waals surface area contributed by atoms with Gasteiger partial charge in [-0.2, -0.15) is 0 Å². The number of hydrogen-bond acceptors (Lipinski definition) is 5. The maximum absolute atomic E-state index is 12.4. The van der Waals surface area contributed by atoms with Gasteiger partial charge in [-0.25, -0.2) is 0 Å². The first kappa shape index (κ1) is 25.9. The number of pyridine rings is 1. The molecule has 168 valence electrons. The van der Waals surface area contributed by atoms with Crippen LogP contribution in [-0.4, -0.2) is 42.5 Å². The Bertz CT molecular complexity index is 941. The van der Waals surface area contributed by atoms with Gasteiger partial charge in [0.15, 0.2) is 0 Å². The molecule has 1 aromatic heterocycles. The van der Waals surface area contributed by atoms with Crippen molar-refractivity contribution in [3.8, 4) is 11.1 Å². The molecule has 0 aliphatic rings. The fourth-order valence-electron chi connectivity index (χ4n) is 2.76. The average Bonchev–Trinajstić information content (AvgIpc) is 2.75. The summed E-state index contributed by atoms with van der Waals surface area (Å²) in [4.78, 5) is 35.4. The summed E-state index contributed by atoms with van der Waals surface area (Å²) < 4.78 is 5.81. The third kappa shape index (κ3) is 8.25. The van der Waals surface area contributed by atoms with Crippen LogP contribution >= 0.6 is 12.4 Å². The van der Waals surface area contributed by atoms with Crippen LogP contribution in [0.2, 0.25) is 0 Å². The highest BCUT2D eigenvalue weighted by atomic mass is 35.5. The number of amidine groups is 1. The van der Waals surface area contributed by atoms with Crippen LogP contribution in [0.3, 0.4) is 0 Å². The lowest BCUT2D eigenvalue weighted by molar-refractivity contribution is -0.140. The zero-order valence-electron chi connectivity index (χ0n) is 17.8. The summed E-state index contributed by atoms with van der Waals surface area (Å²) in [6.07, 6.45) is 3.73. The number of nitrogens with one attached hydrogen (secondary N) is 3. The van der Waals surface area contributed by atoms with E-state index >= 15 is 0 Å². The van der Waals surface area contributed by atoms with Crippen molar-refractivity contribution in [1.29, 1.82) is 5.41 Å². The van der Waals surface area contributed by atoms with Crippen LogP contribution in [0.1, 0.15) is 31.7 Å². The van der Waals surface area contributed by atoms with E-state index < -0.39 is 5.97 Å². The van der Waals surface area contributed by atoms with Gasteiger partial charge in [-0.3, -0.25) is 19.8 Å². The lowest BCUT2D eigenvalue weighted by Crippen LogP contribution is -2.33. The second-order valence-electron chi connectivity index (χ2n) is 6.79. The lowest BCUT2D eigenvalue weighted by atomic mass is 10.0. The molecule has 0 aliphatic heterocycles. The highest BCUT2D eigenvalue weighted by Gasteiger charge is 2.08. The number of hydrogen-bond donors (Lipinski definition) is 3. The fraction of sp³-hybridized carbons (Fsp3) is 0.364. The molecule has 0 atom stereocenters. The number of methoxy groups -OCH3 is 1. The highest BCUT2D eigenvalue weighted by molar-refractivity contribution is 5.96. The van der Waals surface area contributed by atoms with Crippen molar-refractivity contribution in [2.45, 2.75) is 32.7 Å². The number of nitrogens with zero attached hydrogens (tertiary/aromatic N) is 1. The van der Waals surface area contributed by atoms with Crippen molar-refractivity contribution < 1.29 is 14.3 Å². The van der Waals surface area contributed by atoms with E-state index in [1.54, 1.807) is 12.3 Å². The Hall–Kier alpha value is -3.13. The zero-order valence-corrected chi connectivity index (χ0v) is 18.6. The fourth-order valence-corrected chi connectivity index (χ4v) is 2.76. The van der Waals surface area contributed by atoms with Crippen LogP contribution in [0, 0.1) is 5.41 Å². The summed E-state index contributed by atoms with van der Waals surface area (Å²) in [5, 5.41) is 13.7. The Balaban J connectivity index is 0.00000480. The van der Waals surface area contributed by atoms with Gasteiger partial charge in [-0.15, -0.1) is 12.4 Å². The normalized spacial score (nSPS) is 10.0. The number of rotatable bonds is 10. The van der Waals surface area contributed by atoms with Crippen LogP contribution in [0.25, 0.3) is 11.1 Å². The average molecular weight is 449 g/mol. The van der Waals surface area contributed by atoms with E-state index in [1.807, 2.05) is 24.3 Å². The summed E-state index contributed by atoms with van der Waals surface area (Å²) in [6.45, 7) is 2.91. The largest absolute Gasteiger partial charge is 0.469 e. The van der Waals surface area contributed by atoms with Crippen LogP contribution in [0.4, 0.5) is 0 Å². The van der Waals surface area contributed by atoms with Gasteiger partial charge in [0.2, 0.25) is 5.91 Å². The van der Waals surface area contributed by atoms with Crippen molar-refractivity contribution in [1.82, 2.24) is 15.2 Å². The van der Waals surface area contributed by atoms with E-state index in [9.17, 15) is 14.4 Å². The second-order valence-corrected chi connectivity index (χ2v) is 6.79. The summed E-state index contributed by atoms with van der Waals surface area (Å²) in [7, 11) is 1.29. The molecule has 1 aromatic carbocycles. The molecule has 1 amide bonds. The summed E-state index contributed by atoms with van der Waals surface area (Å²) in [5.41, 5.74) is 2.08. The minimum absolute atomic E-state index is 0. The molecule has 8 nitrogen and oxygen atoms in total. The predicted octanol–water partition coefficient (Wildman–Crippen LogP) is 2.33. The SMILES string of the molecule is CCCCNC(=N)c1ccc(-c2ccn(CC(=O)NCCC(=O)OC)c(=O)c2)cc1.Cl.